The van der Waals surface area contributed by atoms with Crippen molar-refractivity contribution in [2.45, 2.75) is 187 Å². The standard InChI is InChI=1S/C56H84N2O10/c1-11-23-57-25-22-41-31-42(18-19-45(41)57)68-49-21-17-39(30-52(49)67-10)26-35(4)43-32-48(60)46-15-13-14-24-58(46)55(63)54(62)56(64)33-44(51(66-9)29-38(56)7)50(65-8)28-37(6)53(61)36(5)27-40(12-2)47(59)20-16-34(43)3/h18-19,22,25-27,31,34,37-40,43-44,46,49-53,61,64H,11-17,20-21,23-24,28-30,32-33H2,1-10H3/b35-26?,36-27+. The Kier molecular flexibility index (Phi) is 18.9. The summed E-state index contributed by atoms with van der Waals surface area (Å²) in [6, 6.07) is 7.62. The second-order valence-corrected chi connectivity index (χ2v) is 21.3. The molecule has 1 amide bonds. The lowest BCUT2D eigenvalue weighted by Crippen LogP contribution is -2.61. The Morgan fingerprint density at radius 1 is 0.853 bits per heavy atom. The first-order valence-corrected chi connectivity index (χ1v) is 26.0. The Morgan fingerprint density at radius 3 is 2.26 bits per heavy atom. The maximum atomic E-state index is 14.8. The van der Waals surface area contributed by atoms with Crippen molar-refractivity contribution >= 4 is 34.2 Å². The van der Waals surface area contributed by atoms with Gasteiger partial charge in [-0.25, -0.2) is 0 Å². The van der Waals surface area contributed by atoms with Crippen LogP contribution >= 0.6 is 0 Å². The van der Waals surface area contributed by atoms with E-state index in [0.717, 1.165) is 55.4 Å². The molecule has 2 aliphatic heterocycles. The number of carbonyl (C=O) groups is 4. The van der Waals surface area contributed by atoms with Gasteiger partial charge >= 0.3 is 0 Å². The van der Waals surface area contributed by atoms with E-state index in [1.165, 1.54) is 10.4 Å². The Bertz CT molecular complexity index is 2110. The van der Waals surface area contributed by atoms with Crippen LogP contribution in [0.1, 0.15) is 138 Å². The van der Waals surface area contributed by atoms with E-state index in [1.54, 1.807) is 28.3 Å². The number of benzene rings is 1. The SMILES string of the molecule is CCCn1ccc2cc(OC3CCC(C=C(C)C4CC(=O)C5CCCCN5C(=O)C(=O)C5(O)CC(C(OC)CC(C)C(O)/C(C)=C/C(CC)C(=O)CCC4C)C(OC)CC5C)CC3OC)ccc21. The highest BCUT2D eigenvalue weighted by Gasteiger charge is 2.55. The molecule has 2 aliphatic carbocycles. The summed E-state index contributed by atoms with van der Waals surface area (Å²) in [5, 5.41) is 25.2. The molecule has 0 radical (unpaired) electrons. The van der Waals surface area contributed by atoms with Gasteiger partial charge in [-0.05, 0) is 150 Å². The highest BCUT2D eigenvalue weighted by atomic mass is 16.5. The number of ketones is 3. The van der Waals surface area contributed by atoms with Crippen molar-refractivity contribution in [1.82, 2.24) is 9.47 Å². The maximum absolute atomic E-state index is 14.8. The van der Waals surface area contributed by atoms with E-state index in [0.29, 0.717) is 50.5 Å². The number of Topliss-reactive ketones (excluding diaryl/α,β-unsaturated/α-hetero) is 3. The number of aryl methyl sites for hydroxylation is 1. The number of hydrogen-bond donors (Lipinski definition) is 2. The summed E-state index contributed by atoms with van der Waals surface area (Å²) in [5.74, 6) is -2.71. The molecule has 6 rings (SSSR count). The second-order valence-electron chi connectivity index (χ2n) is 21.3. The zero-order valence-electron chi connectivity index (χ0n) is 42.9. The smallest absolute Gasteiger partial charge is 0.293 e. The van der Waals surface area contributed by atoms with Gasteiger partial charge in [-0.1, -0.05) is 52.3 Å². The molecule has 2 bridgehead atoms. The second kappa shape index (κ2) is 24.0. The average Bonchev–Trinajstić information content (AvgIpc) is 3.74. The van der Waals surface area contributed by atoms with Gasteiger partial charge < -0.3 is 38.6 Å². The molecule has 14 unspecified atom stereocenters. The molecule has 2 N–H and O–H groups in total. The van der Waals surface area contributed by atoms with Crippen molar-refractivity contribution in [2.75, 3.05) is 27.9 Å². The normalized spacial score (nSPS) is 36.5. The number of aromatic nitrogens is 1. The third-order valence-electron chi connectivity index (χ3n) is 16.8. The molecule has 12 nitrogen and oxygen atoms in total. The van der Waals surface area contributed by atoms with Crippen LogP contribution in [0.15, 0.2) is 53.8 Å². The lowest BCUT2D eigenvalue weighted by molar-refractivity contribution is -0.176. The Labute approximate surface area is 406 Å². The van der Waals surface area contributed by atoms with Crippen LogP contribution in [-0.2, 0) is 39.9 Å². The number of methoxy groups -OCH3 is 3. The van der Waals surface area contributed by atoms with Gasteiger partial charge in [-0.2, -0.15) is 0 Å². The van der Waals surface area contributed by atoms with Gasteiger partial charge in [0.05, 0.1) is 30.5 Å². The molecule has 3 heterocycles. The van der Waals surface area contributed by atoms with Crippen LogP contribution in [-0.4, -0.2) is 113 Å². The van der Waals surface area contributed by atoms with Crippen LogP contribution in [0.2, 0.25) is 0 Å². The third-order valence-corrected chi connectivity index (χ3v) is 16.8. The number of allylic oxidation sites excluding steroid dienone is 3. The highest BCUT2D eigenvalue weighted by molar-refractivity contribution is 6.39. The summed E-state index contributed by atoms with van der Waals surface area (Å²) in [7, 11) is 4.93. The van der Waals surface area contributed by atoms with Gasteiger partial charge in [-0.3, -0.25) is 19.2 Å². The van der Waals surface area contributed by atoms with Gasteiger partial charge in [0.25, 0.3) is 11.7 Å². The molecular formula is C56H84N2O10. The fraction of sp³-hybridized carbons (Fsp3) is 0.714. The number of rotatable bonds is 10. The molecule has 1 saturated heterocycles. The number of aliphatic hydroxyl groups is 2. The molecule has 2 aromatic rings. The van der Waals surface area contributed by atoms with Crippen molar-refractivity contribution in [1.29, 1.82) is 0 Å². The maximum Gasteiger partial charge on any atom is 0.293 e. The van der Waals surface area contributed by atoms with Crippen LogP contribution in [0.5, 0.6) is 5.75 Å². The first-order chi connectivity index (χ1) is 32.5. The first kappa shape index (κ1) is 53.7. The zero-order valence-corrected chi connectivity index (χ0v) is 42.9. The molecule has 1 aromatic heterocycles. The Balaban J connectivity index is 1.28. The van der Waals surface area contributed by atoms with Gasteiger partial charge in [0.1, 0.15) is 23.2 Å². The lowest BCUT2D eigenvalue weighted by Gasteiger charge is -2.47. The molecule has 68 heavy (non-hydrogen) atoms. The van der Waals surface area contributed by atoms with Gasteiger partial charge in [-0.15, -0.1) is 0 Å². The van der Waals surface area contributed by atoms with Crippen LogP contribution in [0.25, 0.3) is 10.9 Å². The van der Waals surface area contributed by atoms with E-state index in [-0.39, 0.29) is 78.9 Å². The molecule has 378 valence electrons. The van der Waals surface area contributed by atoms with E-state index in [1.807, 2.05) is 32.9 Å². The molecule has 14 atom stereocenters. The van der Waals surface area contributed by atoms with Crippen molar-refractivity contribution in [3.05, 3.63) is 53.8 Å². The predicted octanol–water partition coefficient (Wildman–Crippen LogP) is 9.25. The van der Waals surface area contributed by atoms with Crippen molar-refractivity contribution in [2.24, 2.45) is 41.4 Å². The quantitative estimate of drug-likeness (QED) is 0.174. The van der Waals surface area contributed by atoms with Crippen LogP contribution in [0, 0.1) is 41.4 Å². The topological polar surface area (TPSA) is 154 Å². The molecule has 12 heteroatoms. The van der Waals surface area contributed by atoms with E-state index in [9.17, 15) is 29.4 Å². The van der Waals surface area contributed by atoms with Gasteiger partial charge in [0.15, 0.2) is 5.78 Å². The minimum atomic E-state index is -2.00. The summed E-state index contributed by atoms with van der Waals surface area (Å²) < 4.78 is 27.0. The molecule has 1 aromatic carbocycles. The molecule has 0 spiro atoms. The summed E-state index contributed by atoms with van der Waals surface area (Å²) in [6.45, 7) is 15.2. The molecular weight excluding hydrogens is 861 g/mol. The van der Waals surface area contributed by atoms with Crippen LogP contribution in [0.3, 0.4) is 0 Å². The summed E-state index contributed by atoms with van der Waals surface area (Å²) in [5.41, 5.74) is 0.971. The van der Waals surface area contributed by atoms with Crippen molar-refractivity contribution in [3.8, 4) is 5.75 Å². The lowest BCUT2D eigenvalue weighted by atomic mass is 9.65. The van der Waals surface area contributed by atoms with E-state index < -0.39 is 47.4 Å². The van der Waals surface area contributed by atoms with Crippen molar-refractivity contribution < 1.29 is 48.3 Å². The predicted molar refractivity (Wildman–Crippen MR) is 265 cm³/mol. The Morgan fingerprint density at radius 2 is 1.57 bits per heavy atom. The number of amides is 1. The Hall–Kier alpha value is -3.68. The summed E-state index contributed by atoms with van der Waals surface area (Å²) in [6.07, 6.45) is 12.0. The molecule has 4 aliphatic rings. The number of aliphatic hydroxyl groups excluding tert-OH is 1. The number of carbonyl (C=O) groups excluding carboxylic acids is 4. The van der Waals surface area contributed by atoms with Gasteiger partial charge in [0, 0.05) is 76.2 Å². The minimum Gasteiger partial charge on any atom is -0.488 e. The largest absolute Gasteiger partial charge is 0.488 e. The highest BCUT2D eigenvalue weighted by Crippen LogP contribution is 2.44. The number of piperidine rings is 1. The van der Waals surface area contributed by atoms with Gasteiger partial charge in [0.2, 0.25) is 0 Å². The average molecular weight is 945 g/mol. The monoisotopic (exact) mass is 945 g/mol. The molecule has 2 saturated carbocycles. The summed E-state index contributed by atoms with van der Waals surface area (Å²) >= 11 is 0. The van der Waals surface area contributed by atoms with Crippen molar-refractivity contribution in [3.63, 3.8) is 0 Å². The number of fused-ring (bicyclic) bond motifs is 4. The minimum absolute atomic E-state index is 0.0581. The zero-order chi connectivity index (χ0) is 49.4. The first-order valence-electron chi connectivity index (χ1n) is 26.0. The fourth-order valence-corrected chi connectivity index (χ4v) is 12.4. The fourth-order valence-electron chi connectivity index (χ4n) is 12.4. The van der Waals surface area contributed by atoms with E-state index in [4.69, 9.17) is 18.9 Å². The third kappa shape index (κ3) is 12.1. The van der Waals surface area contributed by atoms with E-state index >= 15 is 0 Å². The number of ether oxygens (including phenoxy) is 4. The number of nitrogens with zero attached hydrogens (tertiary/aromatic N) is 2. The van der Waals surface area contributed by atoms with Crippen LogP contribution in [0.4, 0.5) is 0 Å². The molecule has 3 fully saturated rings. The van der Waals surface area contributed by atoms with E-state index in [2.05, 4.69) is 55.8 Å². The number of hydrogen-bond acceptors (Lipinski definition) is 10. The summed E-state index contributed by atoms with van der Waals surface area (Å²) in [4.78, 5) is 59.4. The van der Waals surface area contributed by atoms with Crippen LogP contribution < -0.4 is 4.74 Å².